The highest BCUT2D eigenvalue weighted by Crippen LogP contribution is 2.26. The van der Waals surface area contributed by atoms with Gasteiger partial charge in [0.05, 0.1) is 18.4 Å². The molecule has 6 heteroatoms. The van der Waals surface area contributed by atoms with E-state index in [1.54, 1.807) is 6.92 Å². The van der Waals surface area contributed by atoms with Crippen molar-refractivity contribution in [2.45, 2.75) is 71.8 Å². The number of aryl methyl sites for hydroxylation is 1. The number of hydrogen-bond acceptors (Lipinski definition) is 4. The summed E-state index contributed by atoms with van der Waals surface area (Å²) >= 11 is 0. The molecule has 2 unspecified atom stereocenters. The van der Waals surface area contributed by atoms with E-state index in [1.165, 1.54) is 19.3 Å². The van der Waals surface area contributed by atoms with E-state index in [-0.39, 0.29) is 17.1 Å². The second kappa shape index (κ2) is 8.13. The third kappa shape index (κ3) is 5.14. The summed E-state index contributed by atoms with van der Waals surface area (Å²) in [7, 11) is 0. The van der Waals surface area contributed by atoms with Gasteiger partial charge in [-0.15, -0.1) is 0 Å². The topological polar surface area (TPSA) is 84.1 Å². The second-order valence-electron chi connectivity index (χ2n) is 8.05. The van der Waals surface area contributed by atoms with Gasteiger partial charge in [-0.3, -0.25) is 9.59 Å². The summed E-state index contributed by atoms with van der Waals surface area (Å²) in [6.45, 7) is 10.7. The molecule has 25 heavy (non-hydrogen) atoms. The number of rotatable bonds is 5. The molecule has 2 atom stereocenters. The summed E-state index contributed by atoms with van der Waals surface area (Å²) in [6, 6.07) is 0. The number of nitrogens with one attached hydrogen (secondary N) is 2. The minimum Gasteiger partial charge on any atom is -0.376 e. The van der Waals surface area contributed by atoms with Gasteiger partial charge in [0, 0.05) is 12.0 Å². The first-order valence-corrected chi connectivity index (χ1v) is 9.21. The lowest BCUT2D eigenvalue weighted by atomic mass is 9.88. The summed E-state index contributed by atoms with van der Waals surface area (Å²) in [6.07, 6.45) is 5.06. The molecule has 0 saturated heterocycles. The van der Waals surface area contributed by atoms with Crippen molar-refractivity contribution in [3.63, 3.8) is 0 Å². The lowest BCUT2D eigenvalue weighted by molar-refractivity contribution is -0.00294. The fourth-order valence-electron chi connectivity index (χ4n) is 3.20. The fraction of sp³-hybridized carbons (Fsp3) is 0.737. The molecule has 6 nitrogen and oxygen atoms in total. The summed E-state index contributed by atoms with van der Waals surface area (Å²) in [4.78, 5) is 31.7. The Kier molecular flexibility index (Phi) is 6.38. The van der Waals surface area contributed by atoms with Crippen molar-refractivity contribution in [2.75, 3.05) is 13.2 Å². The molecule has 0 aromatic carbocycles. The van der Waals surface area contributed by atoms with Gasteiger partial charge in [-0.25, -0.2) is 4.98 Å². The molecular formula is C19H31N3O3. The first kappa shape index (κ1) is 19.6. The number of H-pyrrole nitrogens is 1. The van der Waals surface area contributed by atoms with E-state index in [2.05, 4.69) is 22.2 Å². The molecule has 2 rings (SSSR count). The Morgan fingerprint density at radius 1 is 1.32 bits per heavy atom. The van der Waals surface area contributed by atoms with Crippen LogP contribution in [0.2, 0.25) is 0 Å². The number of aromatic amines is 1. The third-order valence-electron chi connectivity index (χ3n) is 4.79. The summed E-state index contributed by atoms with van der Waals surface area (Å²) in [5, 5.41) is 2.77. The van der Waals surface area contributed by atoms with Gasteiger partial charge in [0.15, 0.2) is 0 Å². The van der Waals surface area contributed by atoms with Gasteiger partial charge in [0.1, 0.15) is 11.4 Å². The van der Waals surface area contributed by atoms with Crippen molar-refractivity contribution >= 4 is 5.91 Å². The van der Waals surface area contributed by atoms with Crippen LogP contribution < -0.4 is 10.9 Å². The van der Waals surface area contributed by atoms with Crippen LogP contribution in [0, 0.1) is 12.8 Å². The summed E-state index contributed by atoms with van der Waals surface area (Å²) in [5.41, 5.74) is -0.132. The van der Waals surface area contributed by atoms with Crippen LogP contribution in [-0.4, -0.2) is 35.1 Å². The van der Waals surface area contributed by atoms with Gasteiger partial charge in [-0.05, 0) is 25.7 Å². The number of ether oxygens (including phenoxy) is 1. The van der Waals surface area contributed by atoms with E-state index in [0.29, 0.717) is 30.6 Å². The lowest BCUT2D eigenvalue weighted by Gasteiger charge is -2.28. The van der Waals surface area contributed by atoms with Crippen LogP contribution in [0.25, 0.3) is 0 Å². The monoisotopic (exact) mass is 349 g/mol. The van der Waals surface area contributed by atoms with Crippen LogP contribution in [0.3, 0.4) is 0 Å². The number of nitrogens with zero attached hydrogens (tertiary/aromatic N) is 1. The molecule has 1 fully saturated rings. The Balaban J connectivity index is 1.91. The maximum absolute atomic E-state index is 12.3. The van der Waals surface area contributed by atoms with Gasteiger partial charge in [-0.2, -0.15) is 0 Å². The third-order valence-corrected chi connectivity index (χ3v) is 4.79. The van der Waals surface area contributed by atoms with Crippen molar-refractivity contribution < 1.29 is 9.53 Å². The van der Waals surface area contributed by atoms with Crippen molar-refractivity contribution in [3.8, 4) is 0 Å². The van der Waals surface area contributed by atoms with Crippen molar-refractivity contribution in [1.82, 2.24) is 15.3 Å². The van der Waals surface area contributed by atoms with Crippen molar-refractivity contribution in [3.05, 3.63) is 27.4 Å². The standard InChI is InChI=1S/C19H31N3O3/c1-12-8-6-7-9-14(12)25-11-10-20-16(23)15-13(2)21-18(19(3,4)5)22-17(15)24/h12,14H,6-11H2,1-5H3,(H,20,23)(H,21,22,24). The Labute approximate surface area is 149 Å². The SMILES string of the molecule is Cc1nc(C(C)(C)C)[nH]c(=O)c1C(=O)NCCOC1CCCCC1C. The average Bonchev–Trinajstić information content (AvgIpc) is 2.51. The molecule has 1 aromatic rings. The minimum atomic E-state index is -0.396. The van der Waals surface area contributed by atoms with Crippen LogP contribution >= 0.6 is 0 Å². The van der Waals surface area contributed by atoms with Crippen molar-refractivity contribution in [1.29, 1.82) is 0 Å². The van der Waals surface area contributed by atoms with Crippen LogP contribution in [0.5, 0.6) is 0 Å². The van der Waals surface area contributed by atoms with Crippen LogP contribution in [-0.2, 0) is 10.2 Å². The Hall–Kier alpha value is -1.69. The molecular weight excluding hydrogens is 318 g/mol. The van der Waals surface area contributed by atoms with E-state index in [1.807, 2.05) is 20.8 Å². The van der Waals surface area contributed by atoms with Crippen LogP contribution in [0.1, 0.15) is 75.3 Å². The van der Waals surface area contributed by atoms with E-state index < -0.39 is 11.5 Å². The second-order valence-corrected chi connectivity index (χ2v) is 8.05. The van der Waals surface area contributed by atoms with E-state index in [4.69, 9.17) is 4.74 Å². The first-order valence-electron chi connectivity index (χ1n) is 9.21. The van der Waals surface area contributed by atoms with Crippen LogP contribution in [0.15, 0.2) is 4.79 Å². The highest BCUT2D eigenvalue weighted by molar-refractivity contribution is 5.94. The fourth-order valence-corrected chi connectivity index (χ4v) is 3.20. The number of carbonyl (C=O) groups is 1. The normalized spacial score (nSPS) is 21.2. The van der Waals surface area contributed by atoms with E-state index >= 15 is 0 Å². The zero-order valence-corrected chi connectivity index (χ0v) is 16.1. The van der Waals surface area contributed by atoms with E-state index in [0.717, 1.165) is 6.42 Å². The molecule has 2 N–H and O–H groups in total. The predicted molar refractivity (Wildman–Crippen MR) is 98.0 cm³/mol. The van der Waals surface area contributed by atoms with Gasteiger partial charge in [0.25, 0.3) is 11.5 Å². The number of carbonyl (C=O) groups excluding carboxylic acids is 1. The molecule has 0 bridgehead atoms. The average molecular weight is 349 g/mol. The largest absolute Gasteiger partial charge is 0.376 e. The molecule has 140 valence electrons. The maximum atomic E-state index is 12.3. The molecule has 0 aliphatic heterocycles. The molecule has 1 aliphatic carbocycles. The quantitative estimate of drug-likeness (QED) is 0.801. The molecule has 1 heterocycles. The minimum absolute atomic E-state index is 0.0824. The van der Waals surface area contributed by atoms with E-state index in [9.17, 15) is 9.59 Å². The highest BCUT2D eigenvalue weighted by atomic mass is 16.5. The number of aromatic nitrogens is 2. The van der Waals surface area contributed by atoms with Gasteiger partial charge < -0.3 is 15.0 Å². The lowest BCUT2D eigenvalue weighted by Crippen LogP contribution is -2.36. The summed E-state index contributed by atoms with van der Waals surface area (Å²) in [5.74, 6) is 0.761. The zero-order chi connectivity index (χ0) is 18.6. The Morgan fingerprint density at radius 2 is 2.00 bits per heavy atom. The molecule has 1 amide bonds. The van der Waals surface area contributed by atoms with Crippen molar-refractivity contribution in [2.24, 2.45) is 5.92 Å². The maximum Gasteiger partial charge on any atom is 0.264 e. The molecule has 0 radical (unpaired) electrons. The number of hydrogen-bond donors (Lipinski definition) is 2. The zero-order valence-electron chi connectivity index (χ0n) is 16.1. The number of amides is 1. The van der Waals surface area contributed by atoms with Gasteiger partial charge in [0.2, 0.25) is 0 Å². The Bertz CT molecular complexity index is 661. The molecule has 1 saturated carbocycles. The van der Waals surface area contributed by atoms with Gasteiger partial charge >= 0.3 is 0 Å². The smallest absolute Gasteiger partial charge is 0.264 e. The predicted octanol–water partition coefficient (Wildman–Crippen LogP) is 2.70. The van der Waals surface area contributed by atoms with Gasteiger partial charge in [-0.1, -0.05) is 40.5 Å². The highest BCUT2D eigenvalue weighted by Gasteiger charge is 2.23. The van der Waals surface area contributed by atoms with Crippen LogP contribution in [0.4, 0.5) is 0 Å². The molecule has 1 aromatic heterocycles. The Morgan fingerprint density at radius 3 is 2.60 bits per heavy atom. The first-order chi connectivity index (χ1) is 11.7. The molecule has 0 spiro atoms. The molecule has 1 aliphatic rings. The summed E-state index contributed by atoms with van der Waals surface area (Å²) < 4.78 is 5.89.